The maximum atomic E-state index is 13.6. The Bertz CT molecular complexity index is 1170. The minimum absolute atomic E-state index is 0.0514. The molecule has 1 aromatic carbocycles. The quantitative estimate of drug-likeness (QED) is 0.474. The number of aromatic nitrogens is 4. The van der Waals surface area contributed by atoms with E-state index in [4.69, 9.17) is 16.3 Å². The van der Waals surface area contributed by atoms with Gasteiger partial charge in [-0.25, -0.2) is 9.97 Å². The van der Waals surface area contributed by atoms with Gasteiger partial charge in [0.1, 0.15) is 22.8 Å². The molecule has 3 heterocycles. The molecule has 0 saturated carbocycles. The van der Waals surface area contributed by atoms with Crippen molar-refractivity contribution in [2.75, 3.05) is 7.11 Å². The molecule has 0 atom stereocenters. The highest BCUT2D eigenvalue weighted by molar-refractivity contribution is 6.32. The zero-order chi connectivity index (χ0) is 19.9. The Kier molecular flexibility index (Phi) is 4.43. The van der Waals surface area contributed by atoms with Gasteiger partial charge in [0.2, 0.25) is 0 Å². The average Bonchev–Trinajstić information content (AvgIpc) is 3.08. The Balaban J connectivity index is 1.90. The molecule has 0 aliphatic heterocycles. The molecular formula is C19H12ClF3N4O. The number of halogens is 4. The first kappa shape index (κ1) is 18.2. The fourth-order valence-corrected chi connectivity index (χ4v) is 3.14. The van der Waals surface area contributed by atoms with Crippen LogP contribution in [0.4, 0.5) is 13.2 Å². The molecule has 4 rings (SSSR count). The van der Waals surface area contributed by atoms with Crippen molar-refractivity contribution in [1.29, 1.82) is 0 Å². The van der Waals surface area contributed by atoms with Crippen molar-refractivity contribution in [2.24, 2.45) is 0 Å². The van der Waals surface area contributed by atoms with Gasteiger partial charge in [-0.2, -0.15) is 13.2 Å². The second-order valence-corrected chi connectivity index (χ2v) is 6.28. The molecule has 0 N–H and O–H groups in total. The van der Waals surface area contributed by atoms with Crippen LogP contribution in [0.25, 0.3) is 28.3 Å². The van der Waals surface area contributed by atoms with E-state index in [1.54, 1.807) is 30.3 Å². The number of ether oxygens (including phenoxy) is 1. The molecule has 0 aliphatic carbocycles. The number of fused-ring (bicyclic) bond motifs is 1. The maximum Gasteiger partial charge on any atom is 0.435 e. The fraction of sp³-hybridized carbons (Fsp3) is 0.105. The molecule has 28 heavy (non-hydrogen) atoms. The summed E-state index contributed by atoms with van der Waals surface area (Å²) in [5.74, 6) is 0.482. The second-order valence-electron chi connectivity index (χ2n) is 5.87. The van der Waals surface area contributed by atoms with E-state index < -0.39 is 11.9 Å². The van der Waals surface area contributed by atoms with E-state index in [-0.39, 0.29) is 17.0 Å². The van der Waals surface area contributed by atoms with Crippen LogP contribution in [0.3, 0.4) is 0 Å². The summed E-state index contributed by atoms with van der Waals surface area (Å²) >= 11 is 6.15. The van der Waals surface area contributed by atoms with E-state index in [0.29, 0.717) is 22.0 Å². The molecule has 3 aromatic heterocycles. The van der Waals surface area contributed by atoms with Crippen LogP contribution in [0.1, 0.15) is 5.69 Å². The van der Waals surface area contributed by atoms with E-state index in [0.717, 1.165) is 0 Å². The first-order valence-electron chi connectivity index (χ1n) is 8.09. The molecule has 0 amide bonds. The van der Waals surface area contributed by atoms with Gasteiger partial charge in [-0.05, 0) is 30.3 Å². The summed E-state index contributed by atoms with van der Waals surface area (Å²) in [4.78, 5) is 12.2. The highest BCUT2D eigenvalue weighted by atomic mass is 35.5. The molecule has 0 bridgehead atoms. The lowest BCUT2D eigenvalue weighted by Crippen LogP contribution is -2.08. The van der Waals surface area contributed by atoms with E-state index >= 15 is 0 Å². The van der Waals surface area contributed by atoms with Gasteiger partial charge in [0, 0.05) is 11.8 Å². The third kappa shape index (κ3) is 3.16. The zero-order valence-corrected chi connectivity index (χ0v) is 15.2. The van der Waals surface area contributed by atoms with Crippen LogP contribution in [-0.2, 0) is 6.18 Å². The standard InChI is InChI=1S/C19H12ClF3N4O/c1-28-15-6-5-11(8-12(15)20)13-9-24-10-14(25-13)17-18(19(21,22)23)26-16-4-2-3-7-27(16)17/h2-10H,1H3. The number of methoxy groups -OCH3 is 1. The normalized spacial score (nSPS) is 11.8. The predicted molar refractivity (Wildman–Crippen MR) is 98.2 cm³/mol. The van der Waals surface area contributed by atoms with Gasteiger partial charge in [0.05, 0.1) is 30.2 Å². The molecule has 5 nitrogen and oxygen atoms in total. The Hall–Kier alpha value is -3.13. The highest BCUT2D eigenvalue weighted by Gasteiger charge is 2.38. The van der Waals surface area contributed by atoms with Crippen molar-refractivity contribution >= 4 is 17.2 Å². The van der Waals surface area contributed by atoms with Gasteiger partial charge in [0.15, 0.2) is 5.69 Å². The van der Waals surface area contributed by atoms with Gasteiger partial charge < -0.3 is 4.74 Å². The zero-order valence-electron chi connectivity index (χ0n) is 14.4. The monoisotopic (exact) mass is 404 g/mol. The summed E-state index contributed by atoms with van der Waals surface area (Å²) in [5, 5.41) is 0.359. The van der Waals surface area contributed by atoms with Crippen LogP contribution in [-0.4, -0.2) is 26.5 Å². The lowest BCUT2D eigenvalue weighted by molar-refractivity contribution is -0.140. The largest absolute Gasteiger partial charge is 0.495 e. The summed E-state index contributed by atoms with van der Waals surface area (Å²) in [5.41, 5.74) is 0.0125. The van der Waals surface area contributed by atoms with Crippen LogP contribution in [0.5, 0.6) is 5.75 Å². The fourth-order valence-electron chi connectivity index (χ4n) is 2.88. The van der Waals surface area contributed by atoms with E-state index in [1.165, 1.54) is 36.2 Å². The van der Waals surface area contributed by atoms with E-state index in [9.17, 15) is 13.2 Å². The summed E-state index contributed by atoms with van der Waals surface area (Å²) in [6, 6.07) is 9.72. The topological polar surface area (TPSA) is 52.3 Å². The molecule has 0 radical (unpaired) electrons. The third-order valence-corrected chi connectivity index (χ3v) is 4.42. The Morgan fingerprint density at radius 3 is 2.54 bits per heavy atom. The van der Waals surface area contributed by atoms with Crippen molar-refractivity contribution < 1.29 is 17.9 Å². The summed E-state index contributed by atoms with van der Waals surface area (Å²) in [6.07, 6.45) is -0.396. The number of hydrogen-bond donors (Lipinski definition) is 0. The van der Waals surface area contributed by atoms with Gasteiger partial charge >= 0.3 is 6.18 Å². The minimum atomic E-state index is -4.64. The first-order chi connectivity index (χ1) is 13.4. The molecule has 9 heteroatoms. The lowest BCUT2D eigenvalue weighted by atomic mass is 10.1. The Morgan fingerprint density at radius 1 is 1.04 bits per heavy atom. The smallest absolute Gasteiger partial charge is 0.435 e. The number of hydrogen-bond acceptors (Lipinski definition) is 4. The molecule has 0 spiro atoms. The van der Waals surface area contributed by atoms with E-state index in [1.807, 2.05) is 0 Å². The molecule has 0 saturated heterocycles. The maximum absolute atomic E-state index is 13.6. The van der Waals surface area contributed by atoms with Gasteiger partial charge in [-0.1, -0.05) is 17.7 Å². The minimum Gasteiger partial charge on any atom is -0.495 e. The number of imidazole rings is 1. The number of rotatable bonds is 3. The van der Waals surface area contributed by atoms with E-state index in [2.05, 4.69) is 15.0 Å². The van der Waals surface area contributed by atoms with Crippen LogP contribution < -0.4 is 4.74 Å². The van der Waals surface area contributed by atoms with Gasteiger partial charge in [-0.15, -0.1) is 0 Å². The van der Waals surface area contributed by atoms with Gasteiger partial charge in [0.25, 0.3) is 0 Å². The summed E-state index contributed by atoms with van der Waals surface area (Å²) in [6.45, 7) is 0. The van der Waals surface area contributed by atoms with Crippen molar-refractivity contribution in [3.8, 4) is 28.4 Å². The number of alkyl halides is 3. The molecule has 0 unspecified atom stereocenters. The Labute approximate surface area is 162 Å². The van der Waals surface area contributed by atoms with Crippen molar-refractivity contribution in [2.45, 2.75) is 6.18 Å². The number of pyridine rings is 1. The molecule has 0 aliphatic rings. The van der Waals surface area contributed by atoms with Gasteiger partial charge in [-0.3, -0.25) is 9.38 Å². The average molecular weight is 405 g/mol. The number of benzene rings is 1. The third-order valence-electron chi connectivity index (χ3n) is 4.12. The molecule has 4 aromatic rings. The Morgan fingerprint density at radius 2 is 1.82 bits per heavy atom. The number of nitrogens with zero attached hydrogens (tertiary/aromatic N) is 4. The van der Waals surface area contributed by atoms with Crippen molar-refractivity contribution in [1.82, 2.24) is 19.4 Å². The molecule has 0 fully saturated rings. The van der Waals surface area contributed by atoms with Crippen LogP contribution >= 0.6 is 11.6 Å². The summed E-state index contributed by atoms with van der Waals surface area (Å²) in [7, 11) is 1.49. The second kappa shape index (κ2) is 6.79. The van der Waals surface area contributed by atoms with Crippen LogP contribution in [0.15, 0.2) is 55.0 Å². The van der Waals surface area contributed by atoms with Crippen molar-refractivity contribution in [3.05, 3.63) is 65.7 Å². The first-order valence-corrected chi connectivity index (χ1v) is 8.47. The predicted octanol–water partition coefficient (Wildman–Crippen LogP) is 5.14. The lowest BCUT2D eigenvalue weighted by Gasteiger charge is -2.09. The highest BCUT2D eigenvalue weighted by Crippen LogP contribution is 2.37. The molecule has 142 valence electrons. The molecular weight excluding hydrogens is 393 g/mol. The SMILES string of the molecule is COc1ccc(-c2cncc(-c3c(C(F)(F)F)nc4ccccn34)n2)cc1Cl. The van der Waals surface area contributed by atoms with Crippen molar-refractivity contribution in [3.63, 3.8) is 0 Å². The van der Waals surface area contributed by atoms with Crippen LogP contribution in [0, 0.1) is 0 Å². The van der Waals surface area contributed by atoms with Crippen LogP contribution in [0.2, 0.25) is 5.02 Å². The summed E-state index contributed by atoms with van der Waals surface area (Å²) < 4.78 is 47.2.